The fourth-order valence-corrected chi connectivity index (χ4v) is 7.17. The van der Waals surface area contributed by atoms with Crippen molar-refractivity contribution in [1.82, 2.24) is 15.0 Å². The topological polar surface area (TPSA) is 51.8 Å². The number of rotatable bonds is 4. The second-order valence-corrected chi connectivity index (χ2v) is 12.4. The average Bonchev–Trinajstić information content (AvgIpc) is 3.57. The summed E-state index contributed by atoms with van der Waals surface area (Å²) >= 11 is 0. The lowest BCUT2D eigenvalue weighted by Gasteiger charge is -2.14. The number of benzene rings is 8. The Labute approximate surface area is 282 Å². The van der Waals surface area contributed by atoms with Crippen LogP contribution in [0.5, 0.6) is 0 Å². The second-order valence-electron chi connectivity index (χ2n) is 12.4. The molecule has 10 rings (SSSR count). The highest BCUT2D eigenvalue weighted by molar-refractivity contribution is 6.19. The van der Waals surface area contributed by atoms with Gasteiger partial charge in [-0.05, 0) is 62.3 Å². The molecular weight excluding hydrogens is 599 g/mol. The molecule has 4 heteroatoms. The molecule has 2 aromatic heterocycles. The molecule has 0 radical (unpaired) electrons. The minimum atomic E-state index is 0.640. The van der Waals surface area contributed by atoms with Gasteiger partial charge in [0.25, 0.3) is 0 Å². The first-order valence-electron chi connectivity index (χ1n) is 16.4. The van der Waals surface area contributed by atoms with Crippen LogP contribution in [0.25, 0.3) is 99.5 Å². The molecule has 0 spiro atoms. The molecule has 0 saturated carbocycles. The Hall–Kier alpha value is -6.65. The van der Waals surface area contributed by atoms with E-state index in [2.05, 4.69) is 121 Å². The summed E-state index contributed by atoms with van der Waals surface area (Å²) in [5.74, 6) is 1.93. The van der Waals surface area contributed by atoms with Crippen molar-refractivity contribution >= 4 is 54.3 Å². The van der Waals surface area contributed by atoms with Gasteiger partial charge in [-0.3, -0.25) is 0 Å². The number of hydrogen-bond acceptors (Lipinski definition) is 4. The van der Waals surface area contributed by atoms with Crippen LogP contribution in [-0.4, -0.2) is 15.0 Å². The molecule has 4 nitrogen and oxygen atoms in total. The molecule has 2 heterocycles. The number of nitrogens with zero attached hydrogens (tertiary/aromatic N) is 3. The van der Waals surface area contributed by atoms with Crippen molar-refractivity contribution in [2.45, 2.75) is 0 Å². The maximum absolute atomic E-state index is 6.42. The van der Waals surface area contributed by atoms with E-state index in [9.17, 15) is 0 Å². The van der Waals surface area contributed by atoms with Crippen molar-refractivity contribution in [3.63, 3.8) is 0 Å². The van der Waals surface area contributed by atoms with Crippen molar-refractivity contribution in [3.05, 3.63) is 164 Å². The zero-order valence-corrected chi connectivity index (χ0v) is 26.3. The van der Waals surface area contributed by atoms with E-state index in [1.165, 1.54) is 5.39 Å². The first-order valence-corrected chi connectivity index (χ1v) is 16.4. The van der Waals surface area contributed by atoms with E-state index in [4.69, 9.17) is 19.4 Å². The zero-order chi connectivity index (χ0) is 32.3. The van der Waals surface area contributed by atoms with Crippen molar-refractivity contribution in [2.75, 3.05) is 0 Å². The molecule has 8 aromatic carbocycles. The van der Waals surface area contributed by atoms with Crippen LogP contribution in [0.15, 0.2) is 168 Å². The molecule has 0 aliphatic rings. The van der Waals surface area contributed by atoms with Crippen LogP contribution < -0.4 is 0 Å². The molecule has 0 aliphatic carbocycles. The van der Waals surface area contributed by atoms with Gasteiger partial charge in [-0.25, -0.2) is 15.0 Å². The number of para-hydroxylation sites is 1. The highest BCUT2D eigenvalue weighted by atomic mass is 16.3. The normalized spacial score (nSPS) is 11.7. The third-order valence-electron chi connectivity index (χ3n) is 9.53. The average molecular weight is 626 g/mol. The van der Waals surface area contributed by atoms with Gasteiger partial charge in [-0.2, -0.15) is 0 Å². The molecule has 0 unspecified atom stereocenters. The minimum Gasteiger partial charge on any atom is -0.455 e. The van der Waals surface area contributed by atoms with Crippen molar-refractivity contribution in [3.8, 4) is 45.3 Å². The Morgan fingerprint density at radius 1 is 0.327 bits per heavy atom. The molecule has 0 bridgehead atoms. The fourth-order valence-electron chi connectivity index (χ4n) is 7.17. The highest BCUT2D eigenvalue weighted by Gasteiger charge is 2.18. The number of furan rings is 1. The first kappa shape index (κ1) is 27.5. The molecule has 49 heavy (non-hydrogen) atoms. The number of fused-ring (bicyclic) bond motifs is 7. The zero-order valence-electron chi connectivity index (χ0n) is 26.3. The van der Waals surface area contributed by atoms with E-state index < -0.39 is 0 Å². The summed E-state index contributed by atoms with van der Waals surface area (Å²) < 4.78 is 6.42. The SMILES string of the molecule is c1ccc(-c2nc(-c3ccc4ccccc4c3)nc(-c3ccc(-c4cccc5c4ccc4c6ccccc6oc54)c4ccccc34)n2)cc1. The van der Waals surface area contributed by atoms with Crippen LogP contribution in [-0.2, 0) is 0 Å². The van der Waals surface area contributed by atoms with E-state index in [1.54, 1.807) is 0 Å². The Morgan fingerprint density at radius 3 is 1.76 bits per heavy atom. The van der Waals surface area contributed by atoms with Crippen molar-refractivity contribution in [2.24, 2.45) is 0 Å². The lowest BCUT2D eigenvalue weighted by atomic mass is 9.91. The van der Waals surface area contributed by atoms with E-state index in [-0.39, 0.29) is 0 Å². The third kappa shape index (κ3) is 4.49. The van der Waals surface area contributed by atoms with Gasteiger partial charge < -0.3 is 4.42 Å². The minimum absolute atomic E-state index is 0.640. The van der Waals surface area contributed by atoms with E-state index in [0.717, 1.165) is 76.7 Å². The van der Waals surface area contributed by atoms with E-state index in [1.807, 2.05) is 42.5 Å². The monoisotopic (exact) mass is 625 g/mol. The summed E-state index contributed by atoms with van der Waals surface area (Å²) in [5, 5.41) is 9.05. The summed E-state index contributed by atoms with van der Waals surface area (Å²) in [6.07, 6.45) is 0. The van der Waals surface area contributed by atoms with Gasteiger partial charge in [-0.1, -0.05) is 140 Å². The van der Waals surface area contributed by atoms with Crippen LogP contribution in [0.3, 0.4) is 0 Å². The standard InChI is InChI=1S/C45H27N3O/c1-2-12-29(13-3-1)43-46-44(31-22-21-28-11-4-5-14-30(28)27-31)48-45(47-43)40-26-24-35(32-15-6-7-16-34(32)40)33-18-10-19-38-36(33)23-25-39-37-17-8-9-20-41(37)49-42(38)39/h1-27H. The lowest BCUT2D eigenvalue weighted by Crippen LogP contribution is -2.01. The Kier molecular flexibility index (Phi) is 6.15. The van der Waals surface area contributed by atoms with E-state index >= 15 is 0 Å². The highest BCUT2D eigenvalue weighted by Crippen LogP contribution is 2.41. The number of aromatic nitrogens is 3. The molecule has 0 atom stereocenters. The molecule has 10 aromatic rings. The van der Waals surface area contributed by atoms with Crippen molar-refractivity contribution < 1.29 is 4.42 Å². The van der Waals surface area contributed by atoms with Crippen LogP contribution in [0.1, 0.15) is 0 Å². The Bertz CT molecular complexity index is 2890. The third-order valence-corrected chi connectivity index (χ3v) is 9.53. The molecule has 0 amide bonds. The van der Waals surface area contributed by atoms with Crippen LogP contribution in [0.2, 0.25) is 0 Å². The van der Waals surface area contributed by atoms with Crippen molar-refractivity contribution in [1.29, 1.82) is 0 Å². The number of hydrogen-bond donors (Lipinski definition) is 0. The van der Waals surface area contributed by atoms with Crippen LogP contribution in [0.4, 0.5) is 0 Å². The molecule has 0 fully saturated rings. The van der Waals surface area contributed by atoms with Crippen LogP contribution >= 0.6 is 0 Å². The predicted molar refractivity (Wildman–Crippen MR) is 201 cm³/mol. The summed E-state index contributed by atoms with van der Waals surface area (Å²) in [6, 6.07) is 56.9. The van der Waals surface area contributed by atoms with Gasteiger partial charge in [0, 0.05) is 32.8 Å². The van der Waals surface area contributed by atoms with Gasteiger partial charge >= 0.3 is 0 Å². The largest absolute Gasteiger partial charge is 0.455 e. The van der Waals surface area contributed by atoms with Gasteiger partial charge in [0.1, 0.15) is 11.2 Å². The smallest absolute Gasteiger partial charge is 0.164 e. The van der Waals surface area contributed by atoms with Gasteiger partial charge in [0.15, 0.2) is 17.5 Å². The predicted octanol–water partition coefficient (Wildman–Crippen LogP) is 11.9. The maximum atomic E-state index is 6.42. The molecule has 228 valence electrons. The maximum Gasteiger partial charge on any atom is 0.164 e. The molecule has 0 aliphatic heterocycles. The summed E-state index contributed by atoms with van der Waals surface area (Å²) in [7, 11) is 0. The van der Waals surface area contributed by atoms with E-state index in [0.29, 0.717) is 17.5 Å². The quantitative estimate of drug-likeness (QED) is 0.195. The lowest BCUT2D eigenvalue weighted by molar-refractivity contribution is 0.672. The Balaban J connectivity index is 1.18. The fraction of sp³-hybridized carbons (Fsp3) is 0. The Morgan fingerprint density at radius 2 is 0.898 bits per heavy atom. The summed E-state index contributed by atoms with van der Waals surface area (Å²) in [5.41, 5.74) is 6.98. The van der Waals surface area contributed by atoms with Gasteiger partial charge in [0.2, 0.25) is 0 Å². The molecule has 0 saturated heterocycles. The summed E-state index contributed by atoms with van der Waals surface area (Å²) in [6.45, 7) is 0. The molecule has 0 N–H and O–H groups in total. The summed E-state index contributed by atoms with van der Waals surface area (Å²) in [4.78, 5) is 15.2. The van der Waals surface area contributed by atoms with Crippen LogP contribution in [0, 0.1) is 0 Å². The second kappa shape index (κ2) is 11.0. The van der Waals surface area contributed by atoms with Gasteiger partial charge in [0.05, 0.1) is 0 Å². The molecular formula is C45H27N3O. The first-order chi connectivity index (χ1) is 24.3. The van der Waals surface area contributed by atoms with Gasteiger partial charge in [-0.15, -0.1) is 0 Å².